The second-order valence-corrected chi connectivity index (χ2v) is 7.04. The minimum absolute atomic E-state index is 0.0227. The number of nitrogens with zero attached hydrogens (tertiary/aromatic N) is 2. The van der Waals surface area contributed by atoms with Gasteiger partial charge in [0, 0.05) is 11.9 Å². The molecule has 4 nitrogen and oxygen atoms in total. The molecule has 1 amide bonds. The minimum Gasteiger partial charge on any atom is -0.320 e. The molecule has 1 saturated carbocycles. The molecule has 0 radical (unpaired) electrons. The van der Waals surface area contributed by atoms with Gasteiger partial charge in [0.15, 0.2) is 0 Å². The summed E-state index contributed by atoms with van der Waals surface area (Å²) < 4.78 is 0. The zero-order valence-corrected chi connectivity index (χ0v) is 13.1. The van der Waals surface area contributed by atoms with Gasteiger partial charge in [0.05, 0.1) is 16.2 Å². The van der Waals surface area contributed by atoms with Crippen molar-refractivity contribution in [1.29, 1.82) is 0 Å². The molecule has 1 aromatic heterocycles. The Kier molecular flexibility index (Phi) is 3.82. The molecule has 0 aromatic carbocycles. The Morgan fingerprint density at radius 1 is 1.45 bits per heavy atom. The maximum absolute atomic E-state index is 12.9. The molecule has 1 unspecified atom stereocenters. The van der Waals surface area contributed by atoms with E-state index in [1.54, 1.807) is 11.3 Å². The van der Waals surface area contributed by atoms with Gasteiger partial charge in [-0.15, -0.1) is 11.3 Å². The Labute approximate surface area is 124 Å². The van der Waals surface area contributed by atoms with Crippen molar-refractivity contribution in [3.05, 3.63) is 16.1 Å². The van der Waals surface area contributed by atoms with Crippen molar-refractivity contribution in [1.82, 2.24) is 15.2 Å². The summed E-state index contributed by atoms with van der Waals surface area (Å²) >= 11 is 1.66. The van der Waals surface area contributed by atoms with Crippen LogP contribution >= 0.6 is 11.3 Å². The van der Waals surface area contributed by atoms with Gasteiger partial charge in [-0.1, -0.05) is 26.2 Å². The average Bonchev–Trinajstić information content (AvgIpc) is 2.98. The topological polar surface area (TPSA) is 45.2 Å². The van der Waals surface area contributed by atoms with E-state index < -0.39 is 0 Å². The Morgan fingerprint density at radius 3 is 2.80 bits per heavy atom. The number of carbonyl (C=O) groups is 1. The number of hydrogen-bond acceptors (Lipinski definition) is 4. The van der Waals surface area contributed by atoms with Gasteiger partial charge < -0.3 is 4.90 Å². The number of rotatable bonds is 3. The molecule has 20 heavy (non-hydrogen) atoms. The van der Waals surface area contributed by atoms with Gasteiger partial charge in [0.1, 0.15) is 6.17 Å². The Balaban J connectivity index is 1.90. The molecule has 1 aromatic rings. The maximum atomic E-state index is 12.9. The SMILES string of the molecule is CCCN1C(=O)C2(CCCCC2)NC1c1csc(C)n1. The van der Waals surface area contributed by atoms with E-state index >= 15 is 0 Å². The first-order valence-electron chi connectivity index (χ1n) is 7.67. The maximum Gasteiger partial charge on any atom is 0.244 e. The van der Waals surface area contributed by atoms with Crippen LogP contribution in [0.1, 0.15) is 62.3 Å². The lowest BCUT2D eigenvalue weighted by atomic mass is 9.81. The summed E-state index contributed by atoms with van der Waals surface area (Å²) in [5, 5.41) is 6.79. The van der Waals surface area contributed by atoms with Crippen LogP contribution in [0.25, 0.3) is 0 Å². The minimum atomic E-state index is -0.310. The lowest BCUT2D eigenvalue weighted by molar-refractivity contribution is -0.134. The van der Waals surface area contributed by atoms with E-state index in [1.165, 1.54) is 6.42 Å². The fraction of sp³-hybridized carbons (Fsp3) is 0.733. The smallest absolute Gasteiger partial charge is 0.244 e. The van der Waals surface area contributed by atoms with E-state index in [-0.39, 0.29) is 11.7 Å². The number of aromatic nitrogens is 1. The molecule has 1 spiro atoms. The standard InChI is InChI=1S/C15H23N3OS/c1-3-9-18-13(12-10-20-11(2)16-12)17-15(14(18)19)7-5-4-6-8-15/h10,13,17H,3-9H2,1-2H3. The molecule has 5 heteroatoms. The fourth-order valence-corrected chi connectivity index (χ4v) is 4.15. The summed E-state index contributed by atoms with van der Waals surface area (Å²) in [6.45, 7) is 4.96. The number of aryl methyl sites for hydroxylation is 1. The van der Waals surface area contributed by atoms with Crippen LogP contribution in [0.3, 0.4) is 0 Å². The number of amides is 1. The highest BCUT2D eigenvalue weighted by Crippen LogP contribution is 2.39. The molecule has 2 aliphatic rings. The Bertz CT molecular complexity index is 493. The molecule has 1 atom stereocenters. The summed E-state index contributed by atoms with van der Waals surface area (Å²) in [5.74, 6) is 0.301. The quantitative estimate of drug-likeness (QED) is 0.932. The molecule has 1 aliphatic carbocycles. The van der Waals surface area contributed by atoms with Crippen molar-refractivity contribution in [2.75, 3.05) is 6.54 Å². The predicted molar refractivity (Wildman–Crippen MR) is 80.5 cm³/mol. The van der Waals surface area contributed by atoms with E-state index in [0.717, 1.165) is 49.4 Å². The van der Waals surface area contributed by atoms with E-state index in [1.807, 2.05) is 11.8 Å². The molecular formula is C15H23N3OS. The zero-order valence-electron chi connectivity index (χ0n) is 12.3. The molecular weight excluding hydrogens is 270 g/mol. The lowest BCUT2D eigenvalue weighted by Crippen LogP contribution is -2.48. The van der Waals surface area contributed by atoms with E-state index in [9.17, 15) is 4.79 Å². The van der Waals surface area contributed by atoms with Gasteiger partial charge in [0.25, 0.3) is 0 Å². The van der Waals surface area contributed by atoms with Crippen molar-refractivity contribution < 1.29 is 4.79 Å². The van der Waals surface area contributed by atoms with Gasteiger partial charge in [-0.2, -0.15) is 0 Å². The third kappa shape index (κ3) is 2.27. The van der Waals surface area contributed by atoms with Crippen LogP contribution in [0, 0.1) is 6.92 Å². The molecule has 1 saturated heterocycles. The fourth-order valence-electron chi connectivity index (χ4n) is 3.52. The second kappa shape index (κ2) is 5.45. The Morgan fingerprint density at radius 2 is 2.20 bits per heavy atom. The third-order valence-corrected chi connectivity index (χ3v) is 5.28. The van der Waals surface area contributed by atoms with Gasteiger partial charge in [-0.25, -0.2) is 4.98 Å². The molecule has 3 rings (SSSR count). The van der Waals surface area contributed by atoms with Crippen molar-refractivity contribution >= 4 is 17.2 Å². The monoisotopic (exact) mass is 293 g/mol. The van der Waals surface area contributed by atoms with Crippen LogP contribution in [0.4, 0.5) is 0 Å². The van der Waals surface area contributed by atoms with Crippen LogP contribution in [0.15, 0.2) is 5.38 Å². The normalized spacial score (nSPS) is 25.6. The van der Waals surface area contributed by atoms with E-state index in [0.29, 0.717) is 5.91 Å². The first-order valence-corrected chi connectivity index (χ1v) is 8.55. The first-order chi connectivity index (χ1) is 9.66. The zero-order chi connectivity index (χ0) is 14.2. The highest BCUT2D eigenvalue weighted by Gasteiger charge is 2.51. The summed E-state index contributed by atoms with van der Waals surface area (Å²) in [7, 11) is 0. The van der Waals surface area contributed by atoms with Crippen molar-refractivity contribution in [3.63, 3.8) is 0 Å². The second-order valence-electron chi connectivity index (χ2n) is 5.98. The Hall–Kier alpha value is -0.940. The van der Waals surface area contributed by atoms with E-state index in [4.69, 9.17) is 0 Å². The molecule has 2 fully saturated rings. The van der Waals surface area contributed by atoms with Gasteiger partial charge in [-0.05, 0) is 26.2 Å². The lowest BCUT2D eigenvalue weighted by Gasteiger charge is -2.31. The first kappa shape index (κ1) is 14.0. The highest BCUT2D eigenvalue weighted by atomic mass is 32.1. The number of hydrogen-bond donors (Lipinski definition) is 1. The summed E-state index contributed by atoms with van der Waals surface area (Å²) in [5.41, 5.74) is 0.701. The summed E-state index contributed by atoms with van der Waals surface area (Å²) in [4.78, 5) is 19.5. The van der Waals surface area contributed by atoms with Crippen molar-refractivity contribution in [2.45, 2.75) is 64.1 Å². The number of nitrogens with one attached hydrogen (secondary N) is 1. The third-order valence-electron chi connectivity index (χ3n) is 4.48. The molecule has 2 heterocycles. The van der Waals surface area contributed by atoms with Crippen LogP contribution in [-0.4, -0.2) is 27.9 Å². The highest BCUT2D eigenvalue weighted by molar-refractivity contribution is 7.09. The van der Waals surface area contributed by atoms with Gasteiger partial charge in [0.2, 0.25) is 5.91 Å². The largest absolute Gasteiger partial charge is 0.320 e. The van der Waals surface area contributed by atoms with Crippen LogP contribution in [0.5, 0.6) is 0 Å². The molecule has 0 bridgehead atoms. The average molecular weight is 293 g/mol. The molecule has 1 N–H and O–H groups in total. The summed E-state index contributed by atoms with van der Waals surface area (Å²) in [6, 6.07) is 0. The number of thiazole rings is 1. The van der Waals surface area contributed by atoms with Gasteiger partial charge >= 0.3 is 0 Å². The number of carbonyl (C=O) groups excluding carboxylic acids is 1. The van der Waals surface area contributed by atoms with Crippen molar-refractivity contribution in [3.8, 4) is 0 Å². The van der Waals surface area contributed by atoms with Crippen LogP contribution in [0.2, 0.25) is 0 Å². The molecule has 1 aliphatic heterocycles. The van der Waals surface area contributed by atoms with Crippen molar-refractivity contribution in [2.24, 2.45) is 0 Å². The predicted octanol–water partition coefficient (Wildman–Crippen LogP) is 2.99. The summed E-state index contributed by atoms with van der Waals surface area (Å²) in [6.07, 6.45) is 6.49. The van der Waals surface area contributed by atoms with Gasteiger partial charge in [-0.3, -0.25) is 10.1 Å². The van der Waals surface area contributed by atoms with Crippen LogP contribution in [-0.2, 0) is 4.79 Å². The van der Waals surface area contributed by atoms with Crippen LogP contribution < -0.4 is 5.32 Å². The van der Waals surface area contributed by atoms with E-state index in [2.05, 4.69) is 22.6 Å². The molecule has 110 valence electrons.